The summed E-state index contributed by atoms with van der Waals surface area (Å²) in [5.74, 6) is 0.526. The molecule has 1 saturated carbocycles. The summed E-state index contributed by atoms with van der Waals surface area (Å²) >= 11 is 1.64. The van der Waals surface area contributed by atoms with Crippen molar-refractivity contribution in [2.75, 3.05) is 5.75 Å². The smallest absolute Gasteiger partial charge is 0.230 e. The molecule has 94 valence electrons. The van der Waals surface area contributed by atoms with Crippen molar-refractivity contribution in [3.8, 4) is 0 Å². The van der Waals surface area contributed by atoms with Gasteiger partial charge in [-0.25, -0.2) is 0 Å². The summed E-state index contributed by atoms with van der Waals surface area (Å²) in [6, 6.07) is -0.0261. The molecular formula is C12H23NO2S. The summed E-state index contributed by atoms with van der Waals surface area (Å²) in [5.41, 5.74) is 0. The van der Waals surface area contributed by atoms with Gasteiger partial charge in [-0.3, -0.25) is 4.79 Å². The number of hydrogen-bond donors (Lipinski definition) is 2. The van der Waals surface area contributed by atoms with Crippen molar-refractivity contribution in [2.24, 2.45) is 0 Å². The molecule has 2 atom stereocenters. The molecule has 1 aliphatic carbocycles. The minimum absolute atomic E-state index is 0.0261. The van der Waals surface area contributed by atoms with Gasteiger partial charge in [0.1, 0.15) is 0 Å². The van der Waals surface area contributed by atoms with Crippen LogP contribution in [-0.2, 0) is 4.79 Å². The zero-order chi connectivity index (χ0) is 12.2. The normalized spacial score (nSPS) is 26.5. The molecule has 2 N–H and O–H groups in total. The number of aliphatic hydroxyl groups is 1. The van der Waals surface area contributed by atoms with E-state index in [9.17, 15) is 9.90 Å². The molecule has 1 rings (SSSR count). The third kappa shape index (κ3) is 5.21. The molecule has 0 bridgehead atoms. The van der Waals surface area contributed by atoms with Crippen LogP contribution in [0.2, 0.25) is 0 Å². The van der Waals surface area contributed by atoms with E-state index in [2.05, 4.69) is 26.1 Å². The maximum absolute atomic E-state index is 11.7. The van der Waals surface area contributed by atoms with E-state index in [1.165, 1.54) is 0 Å². The lowest BCUT2D eigenvalue weighted by molar-refractivity contribution is -0.120. The summed E-state index contributed by atoms with van der Waals surface area (Å²) in [5, 5.41) is 12.7. The fourth-order valence-corrected chi connectivity index (χ4v) is 2.46. The van der Waals surface area contributed by atoms with Gasteiger partial charge in [-0.2, -0.15) is 0 Å². The van der Waals surface area contributed by atoms with E-state index in [4.69, 9.17) is 0 Å². The number of aliphatic hydroxyl groups excluding tert-OH is 1. The van der Waals surface area contributed by atoms with E-state index in [1.54, 1.807) is 11.8 Å². The molecule has 0 spiro atoms. The van der Waals surface area contributed by atoms with Gasteiger partial charge in [0.2, 0.25) is 5.91 Å². The molecule has 0 radical (unpaired) electrons. The standard InChI is InChI=1S/C12H23NO2S/c1-12(2,3)16-8-11(15)13-9-6-4-5-7-10(9)14/h9-10,14H,4-8H2,1-3H3,(H,13,15). The van der Waals surface area contributed by atoms with E-state index >= 15 is 0 Å². The lowest BCUT2D eigenvalue weighted by atomic mass is 9.93. The van der Waals surface area contributed by atoms with Gasteiger partial charge in [0.25, 0.3) is 0 Å². The first-order valence-corrected chi connectivity index (χ1v) is 6.98. The third-order valence-corrected chi connectivity index (χ3v) is 3.98. The Morgan fingerprint density at radius 3 is 2.56 bits per heavy atom. The van der Waals surface area contributed by atoms with E-state index in [0.717, 1.165) is 25.7 Å². The Balaban J connectivity index is 2.28. The second-order valence-electron chi connectivity index (χ2n) is 5.43. The Bertz CT molecular complexity index is 238. The minimum atomic E-state index is -0.350. The van der Waals surface area contributed by atoms with Crippen molar-refractivity contribution < 1.29 is 9.90 Å². The van der Waals surface area contributed by atoms with Crippen LogP contribution in [-0.4, -0.2) is 33.7 Å². The molecule has 3 nitrogen and oxygen atoms in total. The van der Waals surface area contributed by atoms with E-state index in [0.29, 0.717) is 5.75 Å². The number of nitrogens with one attached hydrogen (secondary N) is 1. The molecule has 0 aromatic rings. The Labute approximate surface area is 102 Å². The molecule has 0 saturated heterocycles. The number of carbonyl (C=O) groups excluding carboxylic acids is 1. The predicted molar refractivity (Wildman–Crippen MR) is 68.6 cm³/mol. The van der Waals surface area contributed by atoms with Crippen molar-refractivity contribution in [3.05, 3.63) is 0 Å². The summed E-state index contributed by atoms with van der Waals surface area (Å²) in [6.45, 7) is 6.29. The van der Waals surface area contributed by atoms with Crippen molar-refractivity contribution in [3.63, 3.8) is 0 Å². The van der Waals surface area contributed by atoms with Crippen LogP contribution in [0.4, 0.5) is 0 Å². The Kier molecular flexibility index (Phi) is 5.12. The highest BCUT2D eigenvalue weighted by Gasteiger charge is 2.24. The molecule has 0 heterocycles. The quantitative estimate of drug-likeness (QED) is 0.799. The second kappa shape index (κ2) is 5.92. The van der Waals surface area contributed by atoms with Gasteiger partial charge in [0.05, 0.1) is 17.9 Å². The zero-order valence-corrected chi connectivity index (χ0v) is 11.3. The van der Waals surface area contributed by atoms with Crippen molar-refractivity contribution in [1.29, 1.82) is 0 Å². The van der Waals surface area contributed by atoms with Gasteiger partial charge >= 0.3 is 0 Å². The predicted octanol–water partition coefficient (Wildman–Crippen LogP) is 1.94. The lowest BCUT2D eigenvalue weighted by Crippen LogP contribution is -2.45. The summed E-state index contributed by atoms with van der Waals surface area (Å²) in [6.07, 6.45) is 3.56. The molecule has 1 aliphatic rings. The summed E-state index contributed by atoms with van der Waals surface area (Å²) in [7, 11) is 0. The van der Waals surface area contributed by atoms with Crippen LogP contribution in [0.1, 0.15) is 46.5 Å². The second-order valence-corrected chi connectivity index (χ2v) is 7.23. The molecule has 16 heavy (non-hydrogen) atoms. The first-order chi connectivity index (χ1) is 7.38. The molecule has 1 fully saturated rings. The molecule has 0 aliphatic heterocycles. The molecule has 0 aromatic carbocycles. The van der Waals surface area contributed by atoms with Gasteiger partial charge in [-0.05, 0) is 12.8 Å². The van der Waals surface area contributed by atoms with Crippen LogP contribution in [0, 0.1) is 0 Å². The van der Waals surface area contributed by atoms with Crippen LogP contribution in [0.5, 0.6) is 0 Å². The fourth-order valence-electron chi connectivity index (χ4n) is 1.81. The average Bonchev–Trinajstić information content (AvgIpc) is 2.18. The van der Waals surface area contributed by atoms with Crippen LogP contribution in [0.15, 0.2) is 0 Å². The molecule has 2 unspecified atom stereocenters. The van der Waals surface area contributed by atoms with Crippen LogP contribution < -0.4 is 5.32 Å². The van der Waals surface area contributed by atoms with Gasteiger partial charge < -0.3 is 10.4 Å². The maximum Gasteiger partial charge on any atom is 0.230 e. The first kappa shape index (κ1) is 13.8. The number of amides is 1. The summed E-state index contributed by atoms with van der Waals surface area (Å²) < 4.78 is 0.114. The van der Waals surface area contributed by atoms with Gasteiger partial charge in [0.15, 0.2) is 0 Å². The SMILES string of the molecule is CC(C)(C)SCC(=O)NC1CCCCC1O. The van der Waals surface area contributed by atoms with Crippen LogP contribution in [0.3, 0.4) is 0 Å². The Hall–Kier alpha value is -0.220. The van der Waals surface area contributed by atoms with Crippen LogP contribution in [0.25, 0.3) is 0 Å². The van der Waals surface area contributed by atoms with Crippen molar-refractivity contribution in [2.45, 2.75) is 63.3 Å². The number of rotatable bonds is 3. The van der Waals surface area contributed by atoms with E-state index in [-0.39, 0.29) is 22.8 Å². The van der Waals surface area contributed by atoms with Crippen LogP contribution >= 0.6 is 11.8 Å². The summed E-state index contributed by atoms with van der Waals surface area (Å²) in [4.78, 5) is 11.7. The average molecular weight is 245 g/mol. The zero-order valence-electron chi connectivity index (χ0n) is 10.5. The van der Waals surface area contributed by atoms with Gasteiger partial charge in [-0.1, -0.05) is 33.6 Å². The highest BCUT2D eigenvalue weighted by atomic mass is 32.2. The number of hydrogen-bond acceptors (Lipinski definition) is 3. The Morgan fingerprint density at radius 2 is 2.00 bits per heavy atom. The fraction of sp³-hybridized carbons (Fsp3) is 0.917. The highest BCUT2D eigenvalue weighted by Crippen LogP contribution is 2.23. The molecule has 4 heteroatoms. The largest absolute Gasteiger partial charge is 0.391 e. The van der Waals surface area contributed by atoms with Gasteiger partial charge in [-0.15, -0.1) is 11.8 Å². The lowest BCUT2D eigenvalue weighted by Gasteiger charge is -2.28. The van der Waals surface area contributed by atoms with E-state index < -0.39 is 0 Å². The molecule has 1 amide bonds. The highest BCUT2D eigenvalue weighted by molar-refractivity contribution is 8.01. The maximum atomic E-state index is 11.7. The van der Waals surface area contributed by atoms with Crippen molar-refractivity contribution in [1.82, 2.24) is 5.32 Å². The molecular weight excluding hydrogens is 222 g/mol. The van der Waals surface area contributed by atoms with E-state index in [1.807, 2.05) is 0 Å². The minimum Gasteiger partial charge on any atom is -0.391 e. The van der Waals surface area contributed by atoms with Gasteiger partial charge in [0, 0.05) is 4.75 Å². The number of carbonyl (C=O) groups is 1. The first-order valence-electron chi connectivity index (χ1n) is 6.00. The third-order valence-electron chi connectivity index (χ3n) is 2.71. The monoisotopic (exact) mass is 245 g/mol. The van der Waals surface area contributed by atoms with Crippen molar-refractivity contribution >= 4 is 17.7 Å². The topological polar surface area (TPSA) is 49.3 Å². The molecule has 0 aromatic heterocycles. The number of thioether (sulfide) groups is 1. The Morgan fingerprint density at radius 1 is 1.38 bits per heavy atom.